The minimum Gasteiger partial charge on any atom is -0.284 e. The zero-order valence-corrected chi connectivity index (χ0v) is 8.46. The van der Waals surface area contributed by atoms with Gasteiger partial charge in [0.2, 0.25) is 0 Å². The molecule has 2 heterocycles. The number of hydrogen-bond donors (Lipinski definition) is 0. The van der Waals surface area contributed by atoms with Crippen molar-refractivity contribution in [1.82, 2.24) is 9.71 Å². The summed E-state index contributed by atoms with van der Waals surface area (Å²) in [7, 11) is -3.76. The summed E-state index contributed by atoms with van der Waals surface area (Å²) in [5.74, 6) is 0. The molecule has 0 amide bonds. The van der Waals surface area contributed by atoms with E-state index in [9.17, 15) is 8.42 Å². The molecule has 0 aliphatic heterocycles. The number of hydrogen-bond acceptors (Lipinski definition) is 4. The molecule has 0 radical (unpaired) electrons. The van der Waals surface area contributed by atoms with Gasteiger partial charge < -0.3 is 0 Å². The Hall–Kier alpha value is -1.82. The van der Waals surface area contributed by atoms with E-state index in [2.05, 4.69) is 4.98 Å². The van der Waals surface area contributed by atoms with Crippen molar-refractivity contribution in [3.8, 4) is 0 Å². The molecule has 5 nitrogen and oxygen atoms in total. The van der Waals surface area contributed by atoms with Gasteiger partial charge in [0.05, 0.1) is 0 Å². The summed E-state index contributed by atoms with van der Waals surface area (Å²) in [5.41, 5.74) is 0. The molecule has 0 aromatic carbocycles. The second-order valence-electron chi connectivity index (χ2n) is 2.75. The highest BCUT2D eigenvalue weighted by Crippen LogP contribution is 2.07. The van der Waals surface area contributed by atoms with E-state index in [-0.39, 0.29) is 4.90 Å². The van der Waals surface area contributed by atoms with Gasteiger partial charge in [-0.05, 0) is 24.3 Å². The Labute approximate surface area is 87.0 Å². The number of nitrogens with zero attached hydrogens (tertiary/aromatic N) is 2. The van der Waals surface area contributed by atoms with Crippen LogP contribution in [0.15, 0.2) is 53.9 Å². The van der Waals surface area contributed by atoms with Gasteiger partial charge in [0, 0.05) is 24.8 Å². The molecule has 0 saturated heterocycles. The lowest BCUT2D eigenvalue weighted by Crippen LogP contribution is -2.18. The van der Waals surface area contributed by atoms with E-state index in [4.69, 9.17) is 4.28 Å². The first-order valence-electron chi connectivity index (χ1n) is 4.16. The Morgan fingerprint density at radius 1 is 1.13 bits per heavy atom. The van der Waals surface area contributed by atoms with Crippen molar-refractivity contribution >= 4 is 10.1 Å². The summed E-state index contributed by atoms with van der Waals surface area (Å²) in [6.45, 7) is 0. The van der Waals surface area contributed by atoms with Crippen LogP contribution < -0.4 is 4.28 Å². The Bertz CT molecular complexity index is 520. The average molecular weight is 224 g/mol. The molecule has 78 valence electrons. The number of rotatable bonds is 3. The molecule has 0 N–H and O–H groups in total. The topological polar surface area (TPSA) is 61.2 Å². The van der Waals surface area contributed by atoms with Gasteiger partial charge in [-0.25, -0.2) is 0 Å². The van der Waals surface area contributed by atoms with Gasteiger partial charge in [0.15, 0.2) is 0 Å². The first-order valence-corrected chi connectivity index (χ1v) is 5.57. The highest BCUT2D eigenvalue weighted by atomic mass is 32.2. The van der Waals surface area contributed by atoms with Gasteiger partial charge in [0.25, 0.3) is 0 Å². The van der Waals surface area contributed by atoms with Crippen LogP contribution in [0, 0.1) is 0 Å². The fourth-order valence-electron chi connectivity index (χ4n) is 1.03. The Kier molecular flexibility index (Phi) is 2.42. The maximum absolute atomic E-state index is 11.6. The molecule has 15 heavy (non-hydrogen) atoms. The van der Waals surface area contributed by atoms with Gasteiger partial charge in [-0.15, -0.1) is 0 Å². The predicted molar refractivity (Wildman–Crippen MR) is 52.4 cm³/mol. The van der Waals surface area contributed by atoms with E-state index in [0.29, 0.717) is 0 Å². The Morgan fingerprint density at radius 2 is 1.73 bits per heavy atom. The van der Waals surface area contributed by atoms with Crippen LogP contribution >= 0.6 is 0 Å². The lowest BCUT2D eigenvalue weighted by Gasteiger charge is -2.05. The van der Waals surface area contributed by atoms with E-state index in [1.54, 1.807) is 12.1 Å². The maximum atomic E-state index is 11.6. The molecule has 0 atom stereocenters. The predicted octanol–water partition coefficient (Wildman–Crippen LogP) is 0.701. The van der Waals surface area contributed by atoms with Crippen LogP contribution in [0.2, 0.25) is 0 Å². The minimum atomic E-state index is -3.76. The molecule has 0 unspecified atom stereocenters. The molecule has 0 aliphatic rings. The molecular formula is C9H8N2O3S. The lowest BCUT2D eigenvalue weighted by atomic mass is 10.5. The van der Waals surface area contributed by atoms with Gasteiger partial charge in [-0.1, -0.05) is 0 Å². The van der Waals surface area contributed by atoms with Crippen molar-refractivity contribution in [3.05, 3.63) is 49.1 Å². The van der Waals surface area contributed by atoms with E-state index in [1.165, 1.54) is 36.9 Å². The fraction of sp³-hybridized carbons (Fsp3) is 0. The van der Waals surface area contributed by atoms with Crippen LogP contribution in [0.3, 0.4) is 0 Å². The molecule has 2 aromatic heterocycles. The van der Waals surface area contributed by atoms with Gasteiger partial charge in [0.1, 0.15) is 4.90 Å². The Morgan fingerprint density at radius 3 is 2.33 bits per heavy atom. The van der Waals surface area contributed by atoms with Gasteiger partial charge >= 0.3 is 10.1 Å². The average Bonchev–Trinajstić information content (AvgIpc) is 2.71. The summed E-state index contributed by atoms with van der Waals surface area (Å²) in [6.07, 6.45) is 5.79. The van der Waals surface area contributed by atoms with Crippen LogP contribution in [0.25, 0.3) is 0 Å². The summed E-state index contributed by atoms with van der Waals surface area (Å²) in [4.78, 5) is 3.80. The summed E-state index contributed by atoms with van der Waals surface area (Å²) >= 11 is 0. The summed E-state index contributed by atoms with van der Waals surface area (Å²) in [5, 5.41) is 0. The second kappa shape index (κ2) is 3.74. The first-order chi connectivity index (χ1) is 7.18. The summed E-state index contributed by atoms with van der Waals surface area (Å²) < 4.78 is 29.2. The SMILES string of the molecule is O=S(=O)(On1cccc1)c1ccncc1. The quantitative estimate of drug-likeness (QED) is 0.770. The smallest absolute Gasteiger partial charge is 0.284 e. The zero-order chi connectivity index (χ0) is 10.7. The molecule has 0 bridgehead atoms. The highest BCUT2D eigenvalue weighted by Gasteiger charge is 2.15. The standard InChI is InChI=1S/C9H8N2O3S/c12-15(13,9-3-5-10-6-4-9)14-11-7-1-2-8-11/h1-8H. The molecule has 0 spiro atoms. The third kappa shape index (κ3) is 2.16. The molecule has 0 fully saturated rings. The maximum Gasteiger partial charge on any atom is 0.357 e. The third-order valence-electron chi connectivity index (χ3n) is 1.70. The largest absolute Gasteiger partial charge is 0.357 e. The van der Waals surface area contributed by atoms with Crippen LogP contribution in [0.4, 0.5) is 0 Å². The van der Waals surface area contributed by atoms with Crippen molar-refractivity contribution in [2.45, 2.75) is 4.90 Å². The van der Waals surface area contributed by atoms with Crippen molar-refractivity contribution < 1.29 is 12.7 Å². The van der Waals surface area contributed by atoms with Crippen molar-refractivity contribution in [1.29, 1.82) is 0 Å². The first kappa shape index (κ1) is 9.72. The van der Waals surface area contributed by atoms with E-state index < -0.39 is 10.1 Å². The fourth-order valence-corrected chi connectivity index (χ4v) is 1.90. The third-order valence-corrected chi connectivity index (χ3v) is 2.92. The van der Waals surface area contributed by atoms with Crippen LogP contribution in [0.1, 0.15) is 0 Å². The molecular weight excluding hydrogens is 216 g/mol. The second-order valence-corrected chi connectivity index (χ2v) is 4.28. The molecule has 2 rings (SSSR count). The molecule has 2 aromatic rings. The van der Waals surface area contributed by atoms with Crippen LogP contribution in [-0.4, -0.2) is 18.1 Å². The molecule has 6 heteroatoms. The summed E-state index contributed by atoms with van der Waals surface area (Å²) in [6, 6.07) is 6.09. The van der Waals surface area contributed by atoms with E-state index >= 15 is 0 Å². The van der Waals surface area contributed by atoms with Gasteiger partial charge in [-0.3, -0.25) is 9.27 Å². The number of pyridine rings is 1. The van der Waals surface area contributed by atoms with Gasteiger partial charge in [-0.2, -0.15) is 13.1 Å². The van der Waals surface area contributed by atoms with Crippen molar-refractivity contribution in [3.63, 3.8) is 0 Å². The normalized spacial score (nSPS) is 11.2. The molecule has 0 saturated carbocycles. The van der Waals surface area contributed by atoms with E-state index in [0.717, 1.165) is 4.73 Å². The van der Waals surface area contributed by atoms with Crippen LogP contribution in [0.5, 0.6) is 0 Å². The lowest BCUT2D eigenvalue weighted by molar-refractivity contribution is 0.280. The minimum absolute atomic E-state index is 0.0752. The highest BCUT2D eigenvalue weighted by molar-refractivity contribution is 7.87. The van der Waals surface area contributed by atoms with Crippen molar-refractivity contribution in [2.75, 3.05) is 0 Å². The van der Waals surface area contributed by atoms with Crippen LogP contribution in [-0.2, 0) is 10.1 Å². The number of aromatic nitrogens is 2. The zero-order valence-electron chi connectivity index (χ0n) is 7.65. The molecule has 0 aliphatic carbocycles. The van der Waals surface area contributed by atoms with Crippen molar-refractivity contribution in [2.24, 2.45) is 0 Å². The monoisotopic (exact) mass is 224 g/mol. The van der Waals surface area contributed by atoms with E-state index in [1.807, 2.05) is 0 Å². The Balaban J connectivity index is 2.29.